The van der Waals surface area contributed by atoms with Crippen LogP contribution in [0, 0.1) is 11.8 Å². The van der Waals surface area contributed by atoms with E-state index in [-0.39, 0.29) is 11.8 Å². The molecule has 0 radical (unpaired) electrons. The second-order valence-corrected chi connectivity index (χ2v) is 6.04. The predicted molar refractivity (Wildman–Crippen MR) is 84.3 cm³/mol. The molecule has 0 bridgehead atoms. The van der Waals surface area contributed by atoms with E-state index in [0.29, 0.717) is 17.9 Å². The molecule has 0 aromatic heterocycles. The maximum atomic E-state index is 12.2. The highest BCUT2D eigenvalue weighted by Crippen LogP contribution is 2.23. The Balaban J connectivity index is 1.92. The van der Waals surface area contributed by atoms with Gasteiger partial charge in [-0.2, -0.15) is 0 Å². The van der Waals surface area contributed by atoms with Crippen LogP contribution in [-0.2, 0) is 9.59 Å². The van der Waals surface area contributed by atoms with Crippen molar-refractivity contribution in [1.29, 1.82) is 0 Å². The van der Waals surface area contributed by atoms with E-state index in [2.05, 4.69) is 17.6 Å². The molecule has 3 N–H and O–H groups in total. The maximum Gasteiger partial charge on any atom is 0.330 e. The monoisotopic (exact) mass is 304 g/mol. The summed E-state index contributed by atoms with van der Waals surface area (Å²) in [5.41, 5.74) is 0.593. The van der Waals surface area contributed by atoms with Crippen LogP contribution >= 0.6 is 0 Å². The van der Waals surface area contributed by atoms with Crippen LogP contribution in [0.15, 0.2) is 30.3 Å². The smallest absolute Gasteiger partial charge is 0.330 e. The maximum absolute atomic E-state index is 12.2. The van der Waals surface area contributed by atoms with Gasteiger partial charge in [0.15, 0.2) is 6.04 Å². The Morgan fingerprint density at radius 3 is 2.68 bits per heavy atom. The first kappa shape index (κ1) is 16.5. The lowest BCUT2D eigenvalue weighted by atomic mass is 9.85. The van der Waals surface area contributed by atoms with Gasteiger partial charge in [0.2, 0.25) is 5.91 Å². The van der Waals surface area contributed by atoms with Crippen LogP contribution in [0.2, 0.25) is 0 Å². The third-order valence-corrected chi connectivity index (χ3v) is 4.33. The van der Waals surface area contributed by atoms with Gasteiger partial charge < -0.3 is 15.7 Å². The van der Waals surface area contributed by atoms with Crippen molar-refractivity contribution in [2.75, 3.05) is 13.1 Å². The van der Waals surface area contributed by atoms with Crippen LogP contribution in [0.1, 0.15) is 37.8 Å². The fraction of sp³-hybridized carbons (Fsp3) is 0.529. The molecule has 2 rings (SSSR count). The Bertz CT molecular complexity index is 498. The normalized spacial score (nSPS) is 20.9. The molecule has 2 unspecified atom stereocenters. The summed E-state index contributed by atoms with van der Waals surface area (Å²) in [5.74, 6) is -0.501. The number of benzene rings is 1. The number of hydrogen-bond donors (Lipinski definition) is 3. The molecule has 1 aliphatic rings. The van der Waals surface area contributed by atoms with Crippen molar-refractivity contribution in [3.05, 3.63) is 35.9 Å². The van der Waals surface area contributed by atoms with Crippen LogP contribution < -0.4 is 10.6 Å². The van der Waals surface area contributed by atoms with Gasteiger partial charge in [-0.05, 0) is 43.3 Å². The molecule has 1 heterocycles. The number of aliphatic carboxylic acids is 1. The average Bonchev–Trinajstić information content (AvgIpc) is 2.54. The van der Waals surface area contributed by atoms with E-state index >= 15 is 0 Å². The topological polar surface area (TPSA) is 78.4 Å². The lowest BCUT2D eigenvalue weighted by Crippen LogP contribution is -2.38. The zero-order valence-corrected chi connectivity index (χ0v) is 12.9. The van der Waals surface area contributed by atoms with E-state index in [0.717, 1.165) is 25.9 Å². The molecular formula is C17H24N2O3. The van der Waals surface area contributed by atoms with Crippen molar-refractivity contribution in [2.24, 2.45) is 11.8 Å². The van der Waals surface area contributed by atoms with Gasteiger partial charge in [0.25, 0.3) is 0 Å². The van der Waals surface area contributed by atoms with Gasteiger partial charge in [0.1, 0.15) is 0 Å². The number of piperidine rings is 1. The highest BCUT2D eigenvalue weighted by molar-refractivity contribution is 5.84. The second-order valence-electron chi connectivity index (χ2n) is 6.04. The highest BCUT2D eigenvalue weighted by atomic mass is 16.4. The third-order valence-electron chi connectivity index (χ3n) is 4.33. The molecule has 0 aliphatic carbocycles. The molecule has 3 atom stereocenters. The molecule has 0 saturated carbocycles. The minimum atomic E-state index is -1.04. The zero-order valence-electron chi connectivity index (χ0n) is 12.9. The number of rotatable bonds is 6. The van der Waals surface area contributed by atoms with Crippen LogP contribution in [0.25, 0.3) is 0 Å². The molecule has 1 fully saturated rings. The summed E-state index contributed by atoms with van der Waals surface area (Å²) < 4.78 is 0. The predicted octanol–water partition coefficient (Wildman–Crippen LogP) is 1.95. The van der Waals surface area contributed by atoms with Crippen molar-refractivity contribution in [2.45, 2.75) is 32.2 Å². The molecule has 1 aliphatic heterocycles. The number of carbonyl (C=O) groups excluding carboxylic acids is 1. The molecule has 22 heavy (non-hydrogen) atoms. The Labute approximate surface area is 131 Å². The Hall–Kier alpha value is -1.88. The third kappa shape index (κ3) is 4.56. The van der Waals surface area contributed by atoms with E-state index < -0.39 is 12.0 Å². The summed E-state index contributed by atoms with van der Waals surface area (Å²) in [5, 5.41) is 15.3. The zero-order chi connectivity index (χ0) is 15.9. The fourth-order valence-electron chi connectivity index (χ4n) is 2.98. The van der Waals surface area contributed by atoms with Crippen LogP contribution in [0.3, 0.4) is 0 Å². The van der Waals surface area contributed by atoms with E-state index in [4.69, 9.17) is 0 Å². The molecular weight excluding hydrogens is 280 g/mol. The lowest BCUT2D eigenvalue weighted by molar-refractivity contribution is -0.142. The average molecular weight is 304 g/mol. The summed E-state index contributed by atoms with van der Waals surface area (Å²) in [6, 6.07) is 7.82. The SMILES string of the molecule is CC(CC(=O)N[C@@H](C(=O)O)c1ccccc1)C1CCCNC1. The fourth-order valence-corrected chi connectivity index (χ4v) is 2.98. The largest absolute Gasteiger partial charge is 0.479 e. The number of hydrogen-bond acceptors (Lipinski definition) is 3. The van der Waals surface area contributed by atoms with E-state index in [9.17, 15) is 14.7 Å². The number of carboxylic acid groups (broad SMARTS) is 1. The first-order valence-corrected chi connectivity index (χ1v) is 7.85. The summed E-state index contributed by atoms with van der Waals surface area (Å²) >= 11 is 0. The molecule has 1 saturated heterocycles. The Morgan fingerprint density at radius 2 is 2.09 bits per heavy atom. The molecule has 1 aromatic carbocycles. The van der Waals surface area contributed by atoms with Crippen molar-refractivity contribution in [1.82, 2.24) is 10.6 Å². The number of nitrogens with one attached hydrogen (secondary N) is 2. The number of amides is 1. The number of carbonyl (C=O) groups is 2. The quantitative estimate of drug-likeness (QED) is 0.750. The van der Waals surface area contributed by atoms with Gasteiger partial charge >= 0.3 is 5.97 Å². The van der Waals surface area contributed by atoms with Crippen molar-refractivity contribution >= 4 is 11.9 Å². The first-order chi connectivity index (χ1) is 10.6. The Kier molecular flexibility index (Phi) is 5.95. The summed E-state index contributed by atoms with van der Waals surface area (Å²) in [4.78, 5) is 23.6. The van der Waals surface area contributed by atoms with Crippen molar-refractivity contribution < 1.29 is 14.7 Å². The Morgan fingerprint density at radius 1 is 1.36 bits per heavy atom. The van der Waals surface area contributed by atoms with Gasteiger partial charge in [-0.3, -0.25) is 4.79 Å². The highest BCUT2D eigenvalue weighted by Gasteiger charge is 2.25. The van der Waals surface area contributed by atoms with Crippen LogP contribution in [0.4, 0.5) is 0 Å². The second kappa shape index (κ2) is 7.94. The molecule has 5 nitrogen and oxygen atoms in total. The van der Waals surface area contributed by atoms with Crippen LogP contribution in [-0.4, -0.2) is 30.1 Å². The minimum Gasteiger partial charge on any atom is -0.479 e. The van der Waals surface area contributed by atoms with Gasteiger partial charge in [-0.1, -0.05) is 37.3 Å². The van der Waals surface area contributed by atoms with Gasteiger partial charge in [-0.15, -0.1) is 0 Å². The van der Waals surface area contributed by atoms with Gasteiger partial charge in [-0.25, -0.2) is 4.79 Å². The number of carboxylic acids is 1. The molecule has 120 valence electrons. The van der Waals surface area contributed by atoms with Crippen molar-refractivity contribution in [3.8, 4) is 0 Å². The lowest BCUT2D eigenvalue weighted by Gasteiger charge is -2.28. The van der Waals surface area contributed by atoms with Crippen molar-refractivity contribution in [3.63, 3.8) is 0 Å². The van der Waals surface area contributed by atoms with Gasteiger partial charge in [0, 0.05) is 6.42 Å². The summed E-state index contributed by atoms with van der Waals surface area (Å²) in [7, 11) is 0. The van der Waals surface area contributed by atoms with Gasteiger partial charge in [0.05, 0.1) is 0 Å². The molecule has 0 spiro atoms. The summed E-state index contributed by atoms with van der Waals surface area (Å²) in [6.07, 6.45) is 2.63. The summed E-state index contributed by atoms with van der Waals surface area (Å²) in [6.45, 7) is 4.05. The molecule has 5 heteroatoms. The first-order valence-electron chi connectivity index (χ1n) is 7.85. The minimum absolute atomic E-state index is 0.200. The van der Waals surface area contributed by atoms with E-state index in [1.807, 2.05) is 6.07 Å². The molecule has 1 amide bonds. The molecule has 1 aromatic rings. The van der Waals surface area contributed by atoms with Crippen LogP contribution in [0.5, 0.6) is 0 Å². The van der Waals surface area contributed by atoms with E-state index in [1.54, 1.807) is 24.3 Å². The standard InChI is InChI=1S/C17H24N2O3/c1-12(14-8-5-9-18-11-14)10-15(20)19-16(17(21)22)13-6-3-2-4-7-13/h2-4,6-7,12,14,16,18H,5,8-11H2,1H3,(H,19,20)(H,21,22)/t12?,14?,16-/m1/s1. The van der Waals surface area contributed by atoms with E-state index in [1.165, 1.54) is 0 Å².